The Morgan fingerprint density at radius 2 is 1.77 bits per heavy atom. The van der Waals surface area contributed by atoms with Gasteiger partial charge in [0.1, 0.15) is 6.61 Å². The molecule has 2 rings (SSSR count). The molecule has 0 spiro atoms. The van der Waals surface area contributed by atoms with Crippen LogP contribution in [0.1, 0.15) is 46.6 Å². The van der Waals surface area contributed by atoms with Gasteiger partial charge in [0.15, 0.2) is 0 Å². The van der Waals surface area contributed by atoms with Crippen LogP contribution in [0.2, 0.25) is 0 Å². The largest absolute Gasteiger partial charge is 0.424 e. The van der Waals surface area contributed by atoms with Crippen molar-refractivity contribution < 1.29 is 38.6 Å². The van der Waals surface area contributed by atoms with Crippen molar-refractivity contribution in [1.29, 1.82) is 0 Å². The Kier molecular flexibility index (Phi) is 13.9. The van der Waals surface area contributed by atoms with Gasteiger partial charge in [0.25, 0.3) is 0 Å². The molecular formula is C24H39N3O8. The van der Waals surface area contributed by atoms with E-state index in [4.69, 9.17) is 19.4 Å². The number of carbonyl (C=O) groups is 3. The quantitative estimate of drug-likeness (QED) is 0.153. The number of hydrogen-bond acceptors (Lipinski definition) is 9. The van der Waals surface area contributed by atoms with Crippen molar-refractivity contribution in [3.63, 3.8) is 0 Å². The molecule has 0 aliphatic heterocycles. The smallest absolute Gasteiger partial charge is 0.410 e. The van der Waals surface area contributed by atoms with Gasteiger partial charge in [-0.1, -0.05) is 49.8 Å². The predicted molar refractivity (Wildman–Crippen MR) is 127 cm³/mol. The lowest BCUT2D eigenvalue weighted by atomic mass is 9.91. The van der Waals surface area contributed by atoms with Crippen LogP contribution in [0.5, 0.6) is 0 Å². The molecule has 0 bridgehead atoms. The lowest BCUT2D eigenvalue weighted by Crippen LogP contribution is -2.41. The number of hydrogen-bond donors (Lipinski definition) is 3. The summed E-state index contributed by atoms with van der Waals surface area (Å²) >= 11 is 0. The van der Waals surface area contributed by atoms with E-state index in [1.165, 1.54) is 12.6 Å². The van der Waals surface area contributed by atoms with Gasteiger partial charge >= 0.3 is 12.1 Å². The van der Waals surface area contributed by atoms with Crippen LogP contribution in [0.4, 0.5) is 4.79 Å². The van der Waals surface area contributed by atoms with Crippen molar-refractivity contribution in [1.82, 2.24) is 15.9 Å². The Labute approximate surface area is 207 Å². The molecule has 0 aromatic heterocycles. The second-order valence-corrected chi connectivity index (χ2v) is 7.55. The van der Waals surface area contributed by atoms with E-state index < -0.39 is 23.8 Å². The maximum atomic E-state index is 13.3. The van der Waals surface area contributed by atoms with Crippen LogP contribution in [0.15, 0.2) is 30.3 Å². The Balaban J connectivity index is 0.00000298. The molecule has 1 unspecified atom stereocenters. The highest BCUT2D eigenvalue weighted by Crippen LogP contribution is 2.55. The highest BCUT2D eigenvalue weighted by Gasteiger charge is 2.61. The third-order valence-electron chi connectivity index (χ3n) is 5.50. The van der Waals surface area contributed by atoms with Crippen LogP contribution in [0, 0.1) is 5.92 Å². The fraction of sp³-hybridized carbons (Fsp3) is 0.625. The van der Waals surface area contributed by atoms with Crippen molar-refractivity contribution >= 4 is 18.0 Å². The van der Waals surface area contributed by atoms with Crippen molar-refractivity contribution in [3.8, 4) is 0 Å². The van der Waals surface area contributed by atoms with Gasteiger partial charge in [-0.25, -0.2) is 9.59 Å². The first-order chi connectivity index (χ1) is 16.9. The number of amides is 2. The molecule has 3 N–H and O–H groups in total. The molecule has 35 heavy (non-hydrogen) atoms. The minimum Gasteiger partial charge on any atom is -0.424 e. The molecule has 0 radical (unpaired) electrons. The summed E-state index contributed by atoms with van der Waals surface area (Å²) in [6.45, 7) is 10.5. The van der Waals surface area contributed by atoms with Crippen molar-refractivity contribution in [2.45, 2.75) is 52.7 Å². The van der Waals surface area contributed by atoms with Gasteiger partial charge in [0, 0.05) is 26.6 Å². The number of alkyl carbamates (subject to hydrolysis) is 1. The highest BCUT2D eigenvalue weighted by molar-refractivity contribution is 5.92. The van der Waals surface area contributed by atoms with E-state index in [1.54, 1.807) is 4.90 Å². The van der Waals surface area contributed by atoms with E-state index in [9.17, 15) is 14.4 Å². The molecule has 1 saturated carbocycles. The number of likely N-dealkylation sites (N-methyl/N-ethyl adjacent to an activating group) is 1. The maximum absolute atomic E-state index is 13.3. The van der Waals surface area contributed by atoms with Crippen LogP contribution in [0.3, 0.4) is 0 Å². The molecule has 11 nitrogen and oxygen atoms in total. The summed E-state index contributed by atoms with van der Waals surface area (Å²) in [6.07, 6.45) is -1.24. The van der Waals surface area contributed by atoms with Gasteiger partial charge in [-0.3, -0.25) is 14.8 Å². The molecule has 1 fully saturated rings. The third kappa shape index (κ3) is 9.10. The summed E-state index contributed by atoms with van der Waals surface area (Å²) in [5.41, 5.74) is 1.76. The van der Waals surface area contributed by atoms with Crippen molar-refractivity contribution in [2.75, 3.05) is 39.5 Å². The zero-order chi connectivity index (χ0) is 26.3. The summed E-state index contributed by atoms with van der Waals surface area (Å²) < 4.78 is 15.0. The van der Waals surface area contributed by atoms with E-state index in [0.717, 1.165) is 5.56 Å². The number of nitrogens with one attached hydrogen (secondary N) is 2. The first-order valence-electron chi connectivity index (χ1n) is 12.0. The molecule has 3 atom stereocenters. The van der Waals surface area contributed by atoms with Crippen LogP contribution in [-0.2, 0) is 34.1 Å². The monoisotopic (exact) mass is 497 g/mol. The zero-order valence-corrected chi connectivity index (χ0v) is 21.2. The second kappa shape index (κ2) is 16.0. The average Bonchev–Trinajstić information content (AvgIpc) is 3.60. The van der Waals surface area contributed by atoms with E-state index in [-0.39, 0.29) is 38.2 Å². The third-order valence-corrected chi connectivity index (χ3v) is 5.50. The van der Waals surface area contributed by atoms with E-state index in [0.29, 0.717) is 19.5 Å². The van der Waals surface area contributed by atoms with Gasteiger partial charge in [0.05, 0.1) is 18.6 Å². The summed E-state index contributed by atoms with van der Waals surface area (Å²) in [5, 5.41) is 10.9. The molecule has 11 heteroatoms. The molecule has 0 saturated heterocycles. The van der Waals surface area contributed by atoms with Crippen LogP contribution >= 0.6 is 0 Å². The molecule has 1 aromatic rings. The van der Waals surface area contributed by atoms with Crippen LogP contribution in [-0.4, -0.2) is 73.8 Å². The molecule has 1 aliphatic rings. The van der Waals surface area contributed by atoms with Gasteiger partial charge in [-0.15, -0.1) is 0 Å². The molecule has 2 amide bonds. The molecule has 198 valence electrons. The van der Waals surface area contributed by atoms with Gasteiger partial charge < -0.3 is 24.4 Å². The van der Waals surface area contributed by atoms with E-state index in [2.05, 4.69) is 10.2 Å². The lowest BCUT2D eigenvalue weighted by Gasteiger charge is -2.26. The second-order valence-electron chi connectivity index (χ2n) is 7.55. The van der Waals surface area contributed by atoms with Gasteiger partial charge in [0.2, 0.25) is 12.2 Å². The van der Waals surface area contributed by atoms with E-state index in [1.807, 2.05) is 58.0 Å². The fourth-order valence-corrected chi connectivity index (χ4v) is 3.79. The number of nitrogens with zero attached hydrogens (tertiary/aromatic N) is 1. The van der Waals surface area contributed by atoms with Gasteiger partial charge in [-0.2, -0.15) is 0 Å². The first-order valence-corrected chi connectivity index (χ1v) is 12.0. The Bertz CT molecular complexity index is 775. The van der Waals surface area contributed by atoms with Crippen molar-refractivity contribution in [2.24, 2.45) is 5.92 Å². The first kappa shape index (κ1) is 30.3. The summed E-state index contributed by atoms with van der Waals surface area (Å²) in [4.78, 5) is 43.3. The van der Waals surface area contributed by atoms with Gasteiger partial charge in [-0.05, 0) is 31.7 Å². The maximum Gasteiger partial charge on any atom is 0.410 e. The van der Waals surface area contributed by atoms with E-state index >= 15 is 0 Å². The number of benzene rings is 1. The predicted octanol–water partition coefficient (Wildman–Crippen LogP) is 2.38. The topological polar surface area (TPSA) is 136 Å². The normalized spacial score (nSPS) is 19.0. The lowest BCUT2D eigenvalue weighted by molar-refractivity contribution is -0.172. The van der Waals surface area contributed by atoms with Crippen LogP contribution < -0.4 is 11.0 Å². The highest BCUT2D eigenvalue weighted by atomic mass is 16.8. The summed E-state index contributed by atoms with van der Waals surface area (Å²) in [6, 6.07) is 9.59. The number of ether oxygens (including phenoxy) is 3. The van der Waals surface area contributed by atoms with Crippen LogP contribution in [0.25, 0.3) is 0 Å². The minimum absolute atomic E-state index is 0.0284. The minimum atomic E-state index is -1.12. The Morgan fingerprint density at radius 3 is 2.37 bits per heavy atom. The SMILES string of the molecule is CC.CCN(CC)C(=O)[C@]1(c2ccccc2)C[C@@H]1CNC(=O)OC(C)OC(=O)COCCONO. The average molecular weight is 498 g/mol. The summed E-state index contributed by atoms with van der Waals surface area (Å²) in [5.74, 6) is -0.730. The molecule has 0 heterocycles. The Morgan fingerprint density at radius 1 is 1.11 bits per heavy atom. The molecular weight excluding hydrogens is 458 g/mol. The number of carbonyl (C=O) groups excluding carboxylic acids is 3. The fourth-order valence-electron chi connectivity index (χ4n) is 3.79. The number of rotatable bonds is 14. The Hall–Kier alpha value is -2.73. The zero-order valence-electron chi connectivity index (χ0n) is 21.2. The number of esters is 1. The van der Waals surface area contributed by atoms with Crippen molar-refractivity contribution in [3.05, 3.63) is 35.9 Å². The standard InChI is InChI=1S/C22H33N3O8.C2H6/c1-4-25(5-2)20(27)22(17-9-7-6-8-10-17)13-18(22)14-23-21(28)33-16(3)32-19(26)15-30-11-12-31-24-29;1-2/h6-10,16,18,24,29H,4-5,11-15H2,1-3H3,(H,23,28);1-2H3/t16?,18-,22+;/m1./s1. The molecule has 1 aliphatic carbocycles. The molecule has 1 aromatic carbocycles. The summed E-state index contributed by atoms with van der Waals surface area (Å²) in [7, 11) is 0.